The molecule has 1 fully saturated rings. The number of aromatic nitrogens is 2. The van der Waals surface area contributed by atoms with Gasteiger partial charge in [0.05, 0.1) is 5.56 Å². The van der Waals surface area contributed by atoms with E-state index in [4.69, 9.17) is 0 Å². The van der Waals surface area contributed by atoms with Crippen molar-refractivity contribution in [3.8, 4) is 0 Å². The van der Waals surface area contributed by atoms with E-state index < -0.39 is 0 Å². The van der Waals surface area contributed by atoms with E-state index in [1.807, 2.05) is 30.3 Å². The molecule has 2 aromatic rings. The van der Waals surface area contributed by atoms with Gasteiger partial charge in [-0.15, -0.1) is 0 Å². The molecule has 0 atom stereocenters. The topological polar surface area (TPSA) is 38.1 Å². The van der Waals surface area contributed by atoms with E-state index >= 15 is 0 Å². The number of hydrogen-bond donors (Lipinski definition) is 0. The highest BCUT2D eigenvalue weighted by atomic mass is 16.2. The Morgan fingerprint density at radius 1 is 1.22 bits per heavy atom. The van der Waals surface area contributed by atoms with Crippen molar-refractivity contribution in [1.82, 2.24) is 14.5 Å². The van der Waals surface area contributed by atoms with E-state index in [9.17, 15) is 4.79 Å². The first-order valence-corrected chi connectivity index (χ1v) is 8.47. The zero-order valence-electron chi connectivity index (χ0n) is 14.2. The van der Waals surface area contributed by atoms with Crippen molar-refractivity contribution in [2.75, 3.05) is 13.1 Å². The molecule has 0 radical (unpaired) electrons. The van der Waals surface area contributed by atoms with Gasteiger partial charge in [0.2, 0.25) is 0 Å². The Hall–Kier alpha value is -2.10. The lowest BCUT2D eigenvalue weighted by molar-refractivity contribution is 0.0712. The molecule has 1 amide bonds. The van der Waals surface area contributed by atoms with Gasteiger partial charge >= 0.3 is 0 Å². The van der Waals surface area contributed by atoms with Crippen molar-refractivity contribution in [3.63, 3.8) is 0 Å². The molecule has 0 bridgehead atoms. The molecule has 0 aromatic carbocycles. The van der Waals surface area contributed by atoms with E-state index in [0.717, 1.165) is 43.7 Å². The maximum atomic E-state index is 12.8. The van der Waals surface area contributed by atoms with Crippen LogP contribution in [0, 0.1) is 13.8 Å². The highest BCUT2D eigenvalue weighted by Crippen LogP contribution is 2.28. The number of aryl methyl sites for hydroxylation is 1. The van der Waals surface area contributed by atoms with Crippen LogP contribution in [-0.2, 0) is 6.54 Å². The second-order valence-electron chi connectivity index (χ2n) is 6.38. The fourth-order valence-corrected chi connectivity index (χ4v) is 3.73. The van der Waals surface area contributed by atoms with Crippen molar-refractivity contribution in [1.29, 1.82) is 0 Å². The molecule has 1 saturated heterocycles. The summed E-state index contributed by atoms with van der Waals surface area (Å²) in [6, 6.07) is 6.23. The van der Waals surface area contributed by atoms with Crippen LogP contribution in [0.4, 0.5) is 0 Å². The molecule has 0 unspecified atom stereocenters. The average molecular weight is 311 g/mol. The number of pyridine rings is 1. The van der Waals surface area contributed by atoms with Gasteiger partial charge in [0.25, 0.3) is 5.91 Å². The van der Waals surface area contributed by atoms with Crippen LogP contribution in [0.15, 0.2) is 30.6 Å². The summed E-state index contributed by atoms with van der Waals surface area (Å²) in [6.45, 7) is 8.82. The van der Waals surface area contributed by atoms with Crippen molar-refractivity contribution in [2.24, 2.45) is 0 Å². The minimum atomic E-state index is 0.186. The van der Waals surface area contributed by atoms with Crippen molar-refractivity contribution >= 4 is 5.91 Å². The molecular weight excluding hydrogens is 286 g/mol. The number of rotatable bonds is 3. The molecule has 23 heavy (non-hydrogen) atoms. The first-order valence-electron chi connectivity index (χ1n) is 8.47. The van der Waals surface area contributed by atoms with Crippen LogP contribution in [0.3, 0.4) is 0 Å². The van der Waals surface area contributed by atoms with Crippen LogP contribution in [0.2, 0.25) is 0 Å². The first-order chi connectivity index (χ1) is 11.1. The number of nitrogens with zero attached hydrogens (tertiary/aromatic N) is 3. The van der Waals surface area contributed by atoms with Gasteiger partial charge in [0.15, 0.2) is 0 Å². The maximum Gasteiger partial charge on any atom is 0.255 e. The molecule has 2 aromatic heterocycles. The lowest BCUT2D eigenvalue weighted by Gasteiger charge is -2.32. The normalized spacial score (nSPS) is 15.9. The SMILES string of the molecule is CCn1c(C)cc(C(=O)N2CCC(c3ccncc3)CC2)c1C. The number of carbonyl (C=O) groups is 1. The third-order valence-corrected chi connectivity index (χ3v) is 5.08. The van der Waals surface area contributed by atoms with Gasteiger partial charge in [0.1, 0.15) is 0 Å². The van der Waals surface area contributed by atoms with Gasteiger partial charge < -0.3 is 9.47 Å². The summed E-state index contributed by atoms with van der Waals surface area (Å²) < 4.78 is 2.21. The molecule has 122 valence electrons. The lowest BCUT2D eigenvalue weighted by Crippen LogP contribution is -2.38. The zero-order chi connectivity index (χ0) is 16.4. The van der Waals surface area contributed by atoms with Crippen LogP contribution in [0.5, 0.6) is 0 Å². The predicted octanol–water partition coefficient (Wildman–Crippen LogP) is 3.54. The molecule has 0 aliphatic carbocycles. The smallest absolute Gasteiger partial charge is 0.255 e. The van der Waals surface area contributed by atoms with E-state index in [2.05, 4.69) is 35.5 Å². The van der Waals surface area contributed by atoms with E-state index in [1.165, 1.54) is 11.3 Å². The molecule has 0 N–H and O–H groups in total. The third kappa shape index (κ3) is 3.03. The van der Waals surface area contributed by atoms with Crippen LogP contribution in [-0.4, -0.2) is 33.4 Å². The summed E-state index contributed by atoms with van der Waals surface area (Å²) in [5, 5.41) is 0. The minimum absolute atomic E-state index is 0.186. The summed E-state index contributed by atoms with van der Waals surface area (Å²) in [5.74, 6) is 0.733. The Morgan fingerprint density at radius 2 is 1.87 bits per heavy atom. The van der Waals surface area contributed by atoms with Crippen molar-refractivity contribution in [3.05, 3.63) is 53.1 Å². The molecular formula is C19H25N3O. The summed E-state index contributed by atoms with van der Waals surface area (Å²) in [4.78, 5) is 18.9. The Bertz CT molecular complexity index is 682. The van der Waals surface area contributed by atoms with Gasteiger partial charge in [-0.1, -0.05) is 0 Å². The van der Waals surface area contributed by atoms with Crippen LogP contribution in [0.1, 0.15) is 53.0 Å². The van der Waals surface area contributed by atoms with Crippen LogP contribution < -0.4 is 0 Å². The minimum Gasteiger partial charge on any atom is -0.349 e. The average Bonchev–Trinajstić information content (AvgIpc) is 2.89. The quantitative estimate of drug-likeness (QED) is 0.869. The Morgan fingerprint density at radius 3 is 2.43 bits per heavy atom. The number of hydrogen-bond acceptors (Lipinski definition) is 2. The molecule has 3 heterocycles. The second kappa shape index (κ2) is 6.57. The molecule has 4 heteroatoms. The highest BCUT2D eigenvalue weighted by molar-refractivity contribution is 5.95. The number of amides is 1. The molecule has 1 aliphatic heterocycles. The Kier molecular flexibility index (Phi) is 4.51. The molecule has 1 aliphatic rings. The molecule has 3 rings (SSSR count). The van der Waals surface area contributed by atoms with E-state index in [1.54, 1.807) is 0 Å². The van der Waals surface area contributed by atoms with Crippen LogP contribution >= 0.6 is 0 Å². The highest BCUT2D eigenvalue weighted by Gasteiger charge is 2.26. The summed E-state index contributed by atoms with van der Waals surface area (Å²) in [5.41, 5.74) is 4.47. The largest absolute Gasteiger partial charge is 0.349 e. The van der Waals surface area contributed by atoms with Crippen molar-refractivity contribution < 1.29 is 4.79 Å². The second-order valence-corrected chi connectivity index (χ2v) is 6.38. The van der Waals surface area contributed by atoms with E-state index in [-0.39, 0.29) is 5.91 Å². The molecule has 0 saturated carbocycles. The summed E-state index contributed by atoms with van der Waals surface area (Å²) >= 11 is 0. The molecule has 4 nitrogen and oxygen atoms in total. The standard InChI is InChI=1S/C19H25N3O/c1-4-22-14(2)13-18(15(22)3)19(23)21-11-7-17(8-12-21)16-5-9-20-10-6-16/h5-6,9-10,13,17H,4,7-8,11-12H2,1-3H3. The fraction of sp³-hybridized carbons (Fsp3) is 0.474. The fourth-order valence-electron chi connectivity index (χ4n) is 3.73. The first kappa shape index (κ1) is 15.8. The third-order valence-electron chi connectivity index (χ3n) is 5.08. The zero-order valence-corrected chi connectivity index (χ0v) is 14.2. The summed E-state index contributed by atoms with van der Waals surface area (Å²) in [6.07, 6.45) is 5.77. The maximum absolute atomic E-state index is 12.8. The van der Waals surface area contributed by atoms with E-state index in [0.29, 0.717) is 5.92 Å². The number of piperidine rings is 1. The Labute approximate surface area is 138 Å². The van der Waals surface area contributed by atoms with Gasteiger partial charge in [-0.05, 0) is 63.3 Å². The lowest BCUT2D eigenvalue weighted by atomic mass is 9.90. The Balaban J connectivity index is 1.69. The van der Waals surface area contributed by atoms with Crippen molar-refractivity contribution in [2.45, 2.75) is 46.1 Å². The van der Waals surface area contributed by atoms with Gasteiger partial charge in [-0.2, -0.15) is 0 Å². The summed E-state index contributed by atoms with van der Waals surface area (Å²) in [7, 11) is 0. The monoisotopic (exact) mass is 311 g/mol. The van der Waals surface area contributed by atoms with Gasteiger partial charge in [-0.3, -0.25) is 9.78 Å². The number of carbonyl (C=O) groups excluding carboxylic acids is 1. The van der Waals surface area contributed by atoms with Crippen LogP contribution in [0.25, 0.3) is 0 Å². The number of likely N-dealkylation sites (tertiary alicyclic amines) is 1. The predicted molar refractivity (Wildman–Crippen MR) is 91.7 cm³/mol. The van der Waals surface area contributed by atoms with Gasteiger partial charge in [0, 0.05) is 43.4 Å². The van der Waals surface area contributed by atoms with Gasteiger partial charge in [-0.25, -0.2) is 0 Å². The molecule has 0 spiro atoms.